The Morgan fingerprint density at radius 2 is 1.72 bits per heavy atom. The third kappa shape index (κ3) is 4.75. The standard InChI is InChI=1S/C23H25N3O3/c1-26(23(17-24)14-8-3-9-15-23)21(27)16-29-22(28)19-12-6-7-13-20(19)25-18-10-4-2-5-11-18/h2,4-7,10-13,25H,3,8-9,14-16H2,1H3. The van der Waals surface area contributed by atoms with Crippen molar-refractivity contribution in [2.24, 2.45) is 0 Å². The van der Waals surface area contributed by atoms with E-state index in [-0.39, 0.29) is 5.91 Å². The number of hydrogen-bond acceptors (Lipinski definition) is 5. The molecule has 1 amide bonds. The molecule has 1 saturated carbocycles. The van der Waals surface area contributed by atoms with E-state index in [0.717, 1.165) is 24.9 Å². The van der Waals surface area contributed by atoms with Crippen molar-refractivity contribution >= 4 is 23.3 Å². The van der Waals surface area contributed by atoms with Crippen molar-refractivity contribution in [3.8, 4) is 6.07 Å². The molecule has 0 radical (unpaired) electrons. The van der Waals surface area contributed by atoms with Crippen LogP contribution in [0.1, 0.15) is 42.5 Å². The third-order valence-electron chi connectivity index (χ3n) is 5.43. The zero-order valence-electron chi connectivity index (χ0n) is 16.6. The van der Waals surface area contributed by atoms with Gasteiger partial charge in [0.15, 0.2) is 6.61 Å². The van der Waals surface area contributed by atoms with Crippen LogP contribution in [0, 0.1) is 11.3 Å². The number of rotatable bonds is 6. The molecule has 29 heavy (non-hydrogen) atoms. The molecule has 0 aliphatic heterocycles. The fourth-order valence-corrected chi connectivity index (χ4v) is 3.65. The average Bonchev–Trinajstić information content (AvgIpc) is 2.78. The fraction of sp³-hybridized carbons (Fsp3) is 0.348. The molecule has 3 rings (SSSR count). The number of ether oxygens (including phenoxy) is 1. The number of esters is 1. The average molecular weight is 391 g/mol. The molecule has 150 valence electrons. The second kappa shape index (κ2) is 9.24. The second-order valence-corrected chi connectivity index (χ2v) is 7.27. The lowest BCUT2D eigenvalue weighted by atomic mass is 9.81. The predicted octanol–water partition coefficient (Wildman–Crippen LogP) is 4.27. The molecule has 6 nitrogen and oxygen atoms in total. The van der Waals surface area contributed by atoms with Crippen LogP contribution in [-0.2, 0) is 9.53 Å². The maximum Gasteiger partial charge on any atom is 0.340 e. The molecule has 2 aromatic carbocycles. The molecule has 0 saturated heterocycles. The van der Waals surface area contributed by atoms with Gasteiger partial charge >= 0.3 is 5.97 Å². The normalized spacial score (nSPS) is 15.0. The quantitative estimate of drug-likeness (QED) is 0.744. The Bertz CT molecular complexity index is 899. The van der Waals surface area contributed by atoms with Crippen molar-refractivity contribution < 1.29 is 14.3 Å². The van der Waals surface area contributed by atoms with E-state index < -0.39 is 18.1 Å². The first-order valence-electron chi connectivity index (χ1n) is 9.82. The van der Waals surface area contributed by atoms with Crippen LogP contribution in [0.5, 0.6) is 0 Å². The molecular formula is C23H25N3O3. The minimum atomic E-state index is -0.797. The summed E-state index contributed by atoms with van der Waals surface area (Å²) in [6.07, 6.45) is 4.23. The van der Waals surface area contributed by atoms with Gasteiger partial charge in [0.2, 0.25) is 0 Å². The molecule has 1 aliphatic rings. The van der Waals surface area contributed by atoms with Crippen LogP contribution in [0.3, 0.4) is 0 Å². The summed E-state index contributed by atoms with van der Waals surface area (Å²) in [5.74, 6) is -0.948. The van der Waals surface area contributed by atoms with Gasteiger partial charge in [-0.2, -0.15) is 5.26 Å². The van der Waals surface area contributed by atoms with E-state index in [1.165, 1.54) is 4.90 Å². The number of para-hydroxylation sites is 2. The summed E-state index contributed by atoms with van der Waals surface area (Å²) >= 11 is 0. The highest BCUT2D eigenvalue weighted by atomic mass is 16.5. The first-order chi connectivity index (χ1) is 14.1. The number of benzene rings is 2. The summed E-state index contributed by atoms with van der Waals surface area (Å²) in [4.78, 5) is 26.7. The number of nitrogens with zero attached hydrogens (tertiary/aromatic N) is 2. The van der Waals surface area contributed by atoms with E-state index in [9.17, 15) is 14.9 Å². The molecule has 2 aromatic rings. The highest BCUT2D eigenvalue weighted by Gasteiger charge is 2.39. The lowest BCUT2D eigenvalue weighted by Gasteiger charge is -2.38. The van der Waals surface area contributed by atoms with Gasteiger partial charge in [0.1, 0.15) is 5.54 Å². The lowest BCUT2D eigenvalue weighted by molar-refractivity contribution is -0.138. The number of carbonyl (C=O) groups is 2. The Kier molecular flexibility index (Phi) is 6.50. The summed E-state index contributed by atoms with van der Waals surface area (Å²) in [5.41, 5.74) is 0.996. The van der Waals surface area contributed by atoms with Crippen LogP contribution >= 0.6 is 0 Å². The van der Waals surface area contributed by atoms with Crippen molar-refractivity contribution in [3.05, 3.63) is 60.2 Å². The van der Waals surface area contributed by atoms with Crippen LogP contribution in [0.2, 0.25) is 0 Å². The summed E-state index contributed by atoms with van der Waals surface area (Å²) in [6.45, 7) is -0.390. The zero-order chi connectivity index (χ0) is 20.7. The van der Waals surface area contributed by atoms with Crippen molar-refractivity contribution in [3.63, 3.8) is 0 Å². The van der Waals surface area contributed by atoms with E-state index in [1.54, 1.807) is 25.2 Å². The fourth-order valence-electron chi connectivity index (χ4n) is 3.65. The van der Waals surface area contributed by atoms with Gasteiger partial charge in [0, 0.05) is 12.7 Å². The number of amides is 1. The molecule has 1 fully saturated rings. The molecule has 0 spiro atoms. The van der Waals surface area contributed by atoms with E-state index in [0.29, 0.717) is 24.1 Å². The lowest BCUT2D eigenvalue weighted by Crippen LogP contribution is -2.51. The molecule has 0 aromatic heterocycles. The van der Waals surface area contributed by atoms with Gasteiger partial charge in [-0.15, -0.1) is 0 Å². The SMILES string of the molecule is CN(C(=O)COC(=O)c1ccccc1Nc1ccccc1)C1(C#N)CCCCC1. The van der Waals surface area contributed by atoms with Gasteiger partial charge in [-0.1, -0.05) is 49.6 Å². The molecule has 0 atom stereocenters. The highest BCUT2D eigenvalue weighted by molar-refractivity contribution is 5.97. The van der Waals surface area contributed by atoms with E-state index >= 15 is 0 Å². The molecule has 1 N–H and O–H groups in total. The zero-order valence-corrected chi connectivity index (χ0v) is 16.6. The van der Waals surface area contributed by atoms with E-state index in [1.807, 2.05) is 36.4 Å². The van der Waals surface area contributed by atoms with Crippen molar-refractivity contribution in [1.82, 2.24) is 4.90 Å². The molecule has 0 heterocycles. The number of nitrogens with one attached hydrogen (secondary N) is 1. The molecule has 1 aliphatic carbocycles. The van der Waals surface area contributed by atoms with Crippen LogP contribution in [0.4, 0.5) is 11.4 Å². The monoisotopic (exact) mass is 391 g/mol. The van der Waals surface area contributed by atoms with Crippen LogP contribution < -0.4 is 5.32 Å². The van der Waals surface area contributed by atoms with Gasteiger partial charge in [-0.3, -0.25) is 4.79 Å². The van der Waals surface area contributed by atoms with Gasteiger partial charge in [0.25, 0.3) is 5.91 Å². The number of nitriles is 1. The molecule has 0 bridgehead atoms. The van der Waals surface area contributed by atoms with Crippen molar-refractivity contribution in [1.29, 1.82) is 5.26 Å². The van der Waals surface area contributed by atoms with Gasteiger partial charge in [0.05, 0.1) is 17.3 Å². The number of likely N-dealkylation sites (N-methyl/N-ethyl adjacent to an activating group) is 1. The highest BCUT2D eigenvalue weighted by Crippen LogP contribution is 2.32. The minimum Gasteiger partial charge on any atom is -0.452 e. The maximum absolute atomic E-state index is 12.6. The minimum absolute atomic E-state index is 0.347. The summed E-state index contributed by atoms with van der Waals surface area (Å²) in [5, 5.41) is 12.8. The molecule has 6 heteroatoms. The van der Waals surface area contributed by atoms with E-state index in [2.05, 4.69) is 11.4 Å². The Morgan fingerprint density at radius 1 is 1.07 bits per heavy atom. The second-order valence-electron chi connectivity index (χ2n) is 7.27. The van der Waals surface area contributed by atoms with Gasteiger partial charge in [-0.05, 0) is 37.1 Å². The first kappa shape index (κ1) is 20.4. The molecule has 0 unspecified atom stereocenters. The Hall–Kier alpha value is -3.33. The topological polar surface area (TPSA) is 82.4 Å². The van der Waals surface area contributed by atoms with Gasteiger partial charge in [-0.25, -0.2) is 4.79 Å². The largest absolute Gasteiger partial charge is 0.452 e. The van der Waals surface area contributed by atoms with Crippen molar-refractivity contribution in [2.45, 2.75) is 37.6 Å². The summed E-state index contributed by atoms with van der Waals surface area (Å²) in [6, 6.07) is 18.8. The molecular weight excluding hydrogens is 366 g/mol. The van der Waals surface area contributed by atoms with E-state index in [4.69, 9.17) is 4.74 Å². The predicted molar refractivity (Wildman–Crippen MR) is 111 cm³/mol. The Labute approximate surface area is 171 Å². The smallest absolute Gasteiger partial charge is 0.340 e. The Morgan fingerprint density at radius 3 is 2.41 bits per heavy atom. The summed E-state index contributed by atoms with van der Waals surface area (Å²) in [7, 11) is 1.62. The summed E-state index contributed by atoms with van der Waals surface area (Å²) < 4.78 is 5.29. The number of hydrogen-bond donors (Lipinski definition) is 1. The first-order valence-corrected chi connectivity index (χ1v) is 9.82. The van der Waals surface area contributed by atoms with Crippen LogP contribution in [-0.4, -0.2) is 36.0 Å². The van der Waals surface area contributed by atoms with Gasteiger partial charge < -0.3 is 15.0 Å². The Balaban J connectivity index is 1.65. The third-order valence-corrected chi connectivity index (χ3v) is 5.43. The van der Waals surface area contributed by atoms with Crippen molar-refractivity contribution in [2.75, 3.05) is 19.0 Å². The van der Waals surface area contributed by atoms with Crippen LogP contribution in [0.15, 0.2) is 54.6 Å². The maximum atomic E-state index is 12.6. The van der Waals surface area contributed by atoms with Crippen LogP contribution in [0.25, 0.3) is 0 Å². The number of carbonyl (C=O) groups excluding carboxylic acids is 2. The number of anilines is 2.